The number of carbonyl (C=O) groups is 3. The zero-order chi connectivity index (χ0) is 59.9. The molecule has 0 saturated heterocycles. The van der Waals surface area contributed by atoms with Gasteiger partial charge in [0.05, 0.1) is 0 Å². The highest BCUT2D eigenvalue weighted by molar-refractivity contribution is 5.71. The Balaban J connectivity index is 4.38. The van der Waals surface area contributed by atoms with Gasteiger partial charge in [-0.1, -0.05) is 363 Å². The Kier molecular flexibility index (Phi) is 68.6. The van der Waals surface area contributed by atoms with Gasteiger partial charge in [0, 0.05) is 19.3 Å². The largest absolute Gasteiger partial charge is 0.462 e. The standard InChI is InChI=1S/C77H138O6/c1-4-7-10-13-16-19-22-25-28-31-34-37-38-41-43-46-49-52-55-58-61-64-67-70-76(79)82-73-74(83-77(80)71-68-65-62-59-56-53-50-47-44-40-36-33-30-27-24-21-18-15-12-9-6-3)72-81-75(78)69-66-63-60-57-54-51-48-45-42-39-35-32-29-26-23-20-17-14-11-8-5-2/h7,10,16,19,25,28,34,37,41,43,49,52,74H,4-6,8-9,11-15,17-18,20-24,26-27,29-33,35-36,38-40,42,44-48,50-51,53-73H2,1-3H3/b10-7-,19-16-,28-25-,37-34-,43-41-,52-49-. The fourth-order valence-electron chi connectivity index (χ4n) is 10.8. The van der Waals surface area contributed by atoms with Crippen LogP contribution in [-0.2, 0) is 28.6 Å². The van der Waals surface area contributed by atoms with Crippen LogP contribution in [0.2, 0.25) is 0 Å². The predicted octanol–water partition coefficient (Wildman–Crippen LogP) is 25.2. The van der Waals surface area contributed by atoms with Crippen LogP contribution in [0, 0.1) is 0 Å². The van der Waals surface area contributed by atoms with Gasteiger partial charge in [0.1, 0.15) is 13.2 Å². The van der Waals surface area contributed by atoms with E-state index < -0.39 is 6.10 Å². The second-order valence-electron chi connectivity index (χ2n) is 24.5. The summed E-state index contributed by atoms with van der Waals surface area (Å²) in [5.41, 5.74) is 0. The van der Waals surface area contributed by atoms with Crippen molar-refractivity contribution in [3.63, 3.8) is 0 Å². The average Bonchev–Trinajstić information content (AvgIpc) is 3.49. The molecule has 0 bridgehead atoms. The van der Waals surface area contributed by atoms with E-state index in [0.717, 1.165) is 109 Å². The van der Waals surface area contributed by atoms with Crippen LogP contribution in [0.25, 0.3) is 0 Å². The summed E-state index contributed by atoms with van der Waals surface area (Å²) in [5.74, 6) is -0.877. The van der Waals surface area contributed by atoms with Crippen molar-refractivity contribution in [2.45, 2.75) is 386 Å². The Morgan fingerprint density at radius 2 is 0.470 bits per heavy atom. The van der Waals surface area contributed by atoms with E-state index in [0.29, 0.717) is 19.3 Å². The Morgan fingerprint density at radius 3 is 0.735 bits per heavy atom. The Hall–Kier alpha value is -3.15. The SMILES string of the molecule is CC/C=C\C/C=C\C/C=C\C/C=C\C/C=C\C/C=C\CCCCCCC(=O)OCC(COC(=O)CCCCCCCCCCCCCCCCCCCCCCC)OC(=O)CCCCCCCCCCCCCCCCCCCCCCC. The highest BCUT2D eigenvalue weighted by Gasteiger charge is 2.19. The van der Waals surface area contributed by atoms with Gasteiger partial charge in [-0.2, -0.15) is 0 Å². The maximum atomic E-state index is 13.0. The molecule has 6 heteroatoms. The molecule has 0 saturated carbocycles. The van der Waals surface area contributed by atoms with Crippen LogP contribution in [0.15, 0.2) is 72.9 Å². The number of ether oxygens (including phenoxy) is 3. The Labute approximate surface area is 516 Å². The van der Waals surface area contributed by atoms with E-state index in [9.17, 15) is 14.4 Å². The number of carbonyl (C=O) groups excluding carboxylic acids is 3. The molecular weight excluding hydrogens is 1020 g/mol. The smallest absolute Gasteiger partial charge is 0.306 e. The molecule has 0 rings (SSSR count). The lowest BCUT2D eigenvalue weighted by Crippen LogP contribution is -2.30. The van der Waals surface area contributed by atoms with Gasteiger partial charge in [-0.05, 0) is 70.6 Å². The molecule has 482 valence electrons. The highest BCUT2D eigenvalue weighted by atomic mass is 16.6. The second kappa shape index (κ2) is 71.3. The normalized spacial score (nSPS) is 12.5. The lowest BCUT2D eigenvalue weighted by molar-refractivity contribution is -0.167. The van der Waals surface area contributed by atoms with Gasteiger partial charge in [0.2, 0.25) is 0 Å². The van der Waals surface area contributed by atoms with Gasteiger partial charge in [0.15, 0.2) is 6.10 Å². The monoisotopic (exact) mass is 1160 g/mol. The quantitative estimate of drug-likeness (QED) is 0.0261. The number of hydrogen-bond donors (Lipinski definition) is 0. The van der Waals surface area contributed by atoms with Gasteiger partial charge >= 0.3 is 17.9 Å². The fraction of sp³-hybridized carbons (Fsp3) is 0.805. The molecule has 0 N–H and O–H groups in total. The summed E-state index contributed by atoms with van der Waals surface area (Å²) < 4.78 is 17.0. The summed E-state index contributed by atoms with van der Waals surface area (Å²) in [4.78, 5) is 38.5. The second-order valence-corrected chi connectivity index (χ2v) is 24.5. The van der Waals surface area contributed by atoms with Crippen molar-refractivity contribution in [2.24, 2.45) is 0 Å². The molecule has 0 aliphatic heterocycles. The first kappa shape index (κ1) is 79.8. The predicted molar refractivity (Wildman–Crippen MR) is 362 cm³/mol. The van der Waals surface area contributed by atoms with E-state index in [1.807, 2.05) is 0 Å². The zero-order valence-corrected chi connectivity index (χ0v) is 55.5. The van der Waals surface area contributed by atoms with Crippen molar-refractivity contribution < 1.29 is 28.6 Å². The van der Waals surface area contributed by atoms with E-state index in [2.05, 4.69) is 93.7 Å². The Morgan fingerprint density at radius 1 is 0.253 bits per heavy atom. The van der Waals surface area contributed by atoms with Crippen LogP contribution in [0.4, 0.5) is 0 Å². The van der Waals surface area contributed by atoms with Crippen molar-refractivity contribution in [2.75, 3.05) is 13.2 Å². The molecule has 1 atom stereocenters. The number of allylic oxidation sites excluding steroid dienone is 12. The lowest BCUT2D eigenvalue weighted by Gasteiger charge is -2.18. The van der Waals surface area contributed by atoms with Gasteiger partial charge in [0.25, 0.3) is 0 Å². The van der Waals surface area contributed by atoms with Crippen molar-refractivity contribution in [3.8, 4) is 0 Å². The van der Waals surface area contributed by atoms with E-state index in [1.54, 1.807) is 0 Å². The van der Waals surface area contributed by atoms with Gasteiger partial charge in [-0.3, -0.25) is 14.4 Å². The van der Waals surface area contributed by atoms with Crippen molar-refractivity contribution in [3.05, 3.63) is 72.9 Å². The molecule has 83 heavy (non-hydrogen) atoms. The molecule has 0 spiro atoms. The van der Waals surface area contributed by atoms with E-state index in [1.165, 1.54) is 231 Å². The van der Waals surface area contributed by atoms with E-state index in [4.69, 9.17) is 14.2 Å². The van der Waals surface area contributed by atoms with Crippen LogP contribution in [-0.4, -0.2) is 37.2 Å². The third-order valence-corrected chi connectivity index (χ3v) is 16.2. The maximum Gasteiger partial charge on any atom is 0.306 e. The zero-order valence-electron chi connectivity index (χ0n) is 55.5. The molecule has 0 aliphatic carbocycles. The molecule has 1 unspecified atom stereocenters. The third kappa shape index (κ3) is 69.5. The molecule has 6 nitrogen and oxygen atoms in total. The van der Waals surface area contributed by atoms with Crippen LogP contribution >= 0.6 is 0 Å². The summed E-state index contributed by atoms with van der Waals surface area (Å²) in [6, 6.07) is 0. The van der Waals surface area contributed by atoms with E-state index >= 15 is 0 Å². The fourth-order valence-corrected chi connectivity index (χ4v) is 10.8. The van der Waals surface area contributed by atoms with Crippen molar-refractivity contribution >= 4 is 17.9 Å². The average molecular weight is 1160 g/mol. The summed E-state index contributed by atoms with van der Waals surface area (Å²) in [5, 5.41) is 0. The van der Waals surface area contributed by atoms with Gasteiger partial charge in [-0.25, -0.2) is 0 Å². The molecular formula is C77H138O6. The van der Waals surface area contributed by atoms with Crippen molar-refractivity contribution in [1.29, 1.82) is 0 Å². The van der Waals surface area contributed by atoms with E-state index in [-0.39, 0.29) is 31.1 Å². The number of unbranched alkanes of at least 4 members (excludes halogenated alkanes) is 44. The molecule has 0 fully saturated rings. The minimum absolute atomic E-state index is 0.0784. The molecule has 0 aromatic carbocycles. The first-order chi connectivity index (χ1) is 41.0. The number of hydrogen-bond acceptors (Lipinski definition) is 6. The van der Waals surface area contributed by atoms with Gasteiger partial charge < -0.3 is 14.2 Å². The lowest BCUT2D eigenvalue weighted by atomic mass is 10.0. The number of esters is 3. The number of rotatable bonds is 67. The van der Waals surface area contributed by atoms with Crippen LogP contribution in [0.5, 0.6) is 0 Å². The van der Waals surface area contributed by atoms with Gasteiger partial charge in [-0.15, -0.1) is 0 Å². The van der Waals surface area contributed by atoms with Crippen molar-refractivity contribution in [1.82, 2.24) is 0 Å². The van der Waals surface area contributed by atoms with Crippen LogP contribution in [0.1, 0.15) is 380 Å². The molecule has 0 aliphatic rings. The minimum atomic E-state index is -0.786. The molecule has 0 aromatic heterocycles. The topological polar surface area (TPSA) is 78.9 Å². The molecule has 0 heterocycles. The van der Waals surface area contributed by atoms with Crippen LogP contribution < -0.4 is 0 Å². The maximum absolute atomic E-state index is 13.0. The summed E-state index contributed by atoms with van der Waals surface area (Å²) in [6.07, 6.45) is 93.6. The Bertz CT molecular complexity index is 1520. The summed E-state index contributed by atoms with van der Waals surface area (Å²) >= 11 is 0. The molecule has 0 radical (unpaired) electrons. The highest BCUT2D eigenvalue weighted by Crippen LogP contribution is 2.19. The first-order valence-corrected chi connectivity index (χ1v) is 36.4. The molecule has 0 amide bonds. The molecule has 0 aromatic rings. The first-order valence-electron chi connectivity index (χ1n) is 36.4. The third-order valence-electron chi connectivity index (χ3n) is 16.2. The summed E-state index contributed by atoms with van der Waals surface area (Å²) in [7, 11) is 0. The van der Waals surface area contributed by atoms with Crippen LogP contribution in [0.3, 0.4) is 0 Å². The minimum Gasteiger partial charge on any atom is -0.462 e. The summed E-state index contributed by atoms with van der Waals surface area (Å²) in [6.45, 7) is 6.58.